The van der Waals surface area contributed by atoms with E-state index in [1.165, 1.54) is 12.1 Å². The van der Waals surface area contributed by atoms with Crippen molar-refractivity contribution in [3.8, 4) is 0 Å². The Labute approximate surface area is 178 Å². The van der Waals surface area contributed by atoms with Gasteiger partial charge in [0, 0.05) is 9.26 Å². The molecule has 2 rings (SSSR count). The van der Waals surface area contributed by atoms with Crippen LogP contribution in [0.3, 0.4) is 0 Å². The predicted octanol–water partition coefficient (Wildman–Crippen LogP) is 4.02. The van der Waals surface area contributed by atoms with Gasteiger partial charge in [-0.05, 0) is 65.9 Å². The van der Waals surface area contributed by atoms with Gasteiger partial charge >= 0.3 is 6.18 Å². The van der Waals surface area contributed by atoms with E-state index in [0.29, 0.717) is 6.07 Å². The number of rotatable bonds is 5. The molecular formula is C18H14F3IN2O4S. The standard InChI is InChI=1S/C18H14F3IN2O4S/c1-17(26,10-29(27,28)13-6-3-11(22)4-7-13)16(25)24-12-5-8-15(23-2)14(9-12)18(19,20)21/h3-9,26H,10H2,1H3,(H,24,25)/t17-/m0/s1/i22-4. The van der Waals surface area contributed by atoms with Gasteiger partial charge in [0.05, 0.1) is 22.8 Å². The summed E-state index contributed by atoms with van der Waals surface area (Å²) in [5.74, 6) is -2.17. The zero-order chi connectivity index (χ0) is 22.0. The summed E-state index contributed by atoms with van der Waals surface area (Å²) in [6.45, 7) is 7.75. The number of nitrogens with zero attached hydrogens (tertiary/aromatic N) is 1. The molecule has 2 aromatic rings. The molecule has 11 heteroatoms. The van der Waals surface area contributed by atoms with Crippen molar-refractivity contribution in [3.63, 3.8) is 0 Å². The number of hydrogen-bond acceptors (Lipinski definition) is 4. The summed E-state index contributed by atoms with van der Waals surface area (Å²) in [6, 6.07) is 8.22. The van der Waals surface area contributed by atoms with Crippen LogP contribution in [0.1, 0.15) is 12.5 Å². The second-order valence-corrected chi connectivity index (χ2v) is 9.52. The Balaban J connectivity index is 2.25. The predicted molar refractivity (Wildman–Crippen MR) is 108 cm³/mol. The van der Waals surface area contributed by atoms with Gasteiger partial charge in [-0.1, -0.05) is 6.07 Å². The lowest BCUT2D eigenvalue weighted by Gasteiger charge is -2.22. The smallest absolute Gasteiger partial charge is 0.379 e. The van der Waals surface area contributed by atoms with Crippen molar-refractivity contribution in [1.82, 2.24) is 0 Å². The summed E-state index contributed by atoms with van der Waals surface area (Å²) in [5.41, 5.74) is -4.65. The second-order valence-electron chi connectivity index (χ2n) is 6.28. The van der Waals surface area contributed by atoms with Crippen LogP contribution in [-0.4, -0.2) is 30.8 Å². The van der Waals surface area contributed by atoms with Crippen molar-refractivity contribution in [2.24, 2.45) is 0 Å². The van der Waals surface area contributed by atoms with Gasteiger partial charge in [0.25, 0.3) is 5.91 Å². The van der Waals surface area contributed by atoms with Crippen LogP contribution in [-0.2, 0) is 20.8 Å². The number of alkyl halides is 3. The zero-order valence-electron chi connectivity index (χ0n) is 14.8. The number of hydrogen-bond donors (Lipinski definition) is 2. The van der Waals surface area contributed by atoms with Gasteiger partial charge in [0.2, 0.25) is 0 Å². The molecule has 6 nitrogen and oxygen atoms in total. The highest BCUT2D eigenvalue weighted by molar-refractivity contribution is 14.1. The Morgan fingerprint density at radius 1 is 1.21 bits per heavy atom. The highest BCUT2D eigenvalue weighted by Crippen LogP contribution is 2.38. The van der Waals surface area contributed by atoms with Crippen molar-refractivity contribution < 1.29 is 31.5 Å². The topological polar surface area (TPSA) is 87.8 Å². The fourth-order valence-electron chi connectivity index (χ4n) is 2.36. The van der Waals surface area contributed by atoms with Gasteiger partial charge in [-0.2, -0.15) is 13.2 Å². The third-order valence-electron chi connectivity index (χ3n) is 3.81. The van der Waals surface area contributed by atoms with E-state index in [2.05, 4.69) is 10.2 Å². The fraction of sp³-hybridized carbons (Fsp3) is 0.222. The van der Waals surface area contributed by atoms with Gasteiger partial charge in [-0.3, -0.25) is 4.79 Å². The molecule has 0 bridgehead atoms. The largest absolute Gasteiger partial charge is 0.407 e. The van der Waals surface area contributed by atoms with Gasteiger partial charge in [0.1, 0.15) is 0 Å². The van der Waals surface area contributed by atoms with E-state index in [-0.39, 0.29) is 10.6 Å². The maximum Gasteiger partial charge on any atom is 0.407 e. The number of nitrogens with one attached hydrogen (secondary N) is 1. The Bertz CT molecular complexity index is 1080. The molecule has 0 spiro atoms. The maximum absolute atomic E-state index is 13.0. The number of carbonyl (C=O) groups excluding carboxylic acids is 1. The lowest BCUT2D eigenvalue weighted by atomic mass is 10.1. The Morgan fingerprint density at radius 3 is 2.31 bits per heavy atom. The minimum Gasteiger partial charge on any atom is -0.379 e. The van der Waals surface area contributed by atoms with Crippen LogP contribution in [0, 0.1) is 10.1 Å². The molecule has 2 N–H and O–H groups in total. The van der Waals surface area contributed by atoms with E-state index in [0.717, 1.165) is 22.6 Å². The van der Waals surface area contributed by atoms with Gasteiger partial charge in [-0.25, -0.2) is 13.3 Å². The third kappa shape index (κ3) is 5.68. The molecule has 29 heavy (non-hydrogen) atoms. The number of sulfone groups is 1. The molecule has 0 aliphatic carbocycles. The van der Waals surface area contributed by atoms with Crippen LogP contribution in [0.5, 0.6) is 0 Å². The number of benzene rings is 2. The average Bonchev–Trinajstić information content (AvgIpc) is 2.60. The Hall–Kier alpha value is -2.17. The molecular weight excluding hydrogens is 520 g/mol. The van der Waals surface area contributed by atoms with Crippen LogP contribution in [0.15, 0.2) is 47.4 Å². The van der Waals surface area contributed by atoms with Crippen molar-refractivity contribution in [1.29, 1.82) is 0 Å². The van der Waals surface area contributed by atoms with E-state index in [1.54, 1.807) is 12.1 Å². The lowest BCUT2D eigenvalue weighted by molar-refractivity contribution is -0.137. The summed E-state index contributed by atoms with van der Waals surface area (Å²) in [4.78, 5) is 15.0. The first kappa shape index (κ1) is 23.1. The van der Waals surface area contributed by atoms with E-state index in [9.17, 15) is 31.5 Å². The first-order valence-corrected chi connectivity index (χ1v) is 10.6. The first-order valence-electron chi connectivity index (χ1n) is 7.87. The molecule has 0 aliphatic heterocycles. The van der Waals surface area contributed by atoms with E-state index < -0.39 is 44.5 Å². The number of halogens is 4. The molecule has 1 amide bonds. The Morgan fingerprint density at radius 2 is 1.79 bits per heavy atom. The summed E-state index contributed by atoms with van der Waals surface area (Å²) in [7, 11) is -4.05. The van der Waals surface area contributed by atoms with Gasteiger partial charge in [0.15, 0.2) is 21.1 Å². The normalized spacial score (nSPS) is 14.0. The van der Waals surface area contributed by atoms with Crippen LogP contribution < -0.4 is 5.32 Å². The number of amides is 1. The minimum absolute atomic E-state index is 0.105. The molecule has 1 atom stereocenters. The highest BCUT2D eigenvalue weighted by Gasteiger charge is 2.38. The second kappa shape index (κ2) is 8.29. The molecule has 154 valence electrons. The average molecular weight is 534 g/mol. The summed E-state index contributed by atoms with van der Waals surface area (Å²) < 4.78 is 64.8. The van der Waals surface area contributed by atoms with Gasteiger partial charge < -0.3 is 10.4 Å². The molecule has 0 unspecified atom stereocenters. The van der Waals surface area contributed by atoms with E-state index in [4.69, 9.17) is 6.57 Å². The van der Waals surface area contributed by atoms with Crippen LogP contribution in [0.2, 0.25) is 0 Å². The molecule has 2 aromatic carbocycles. The molecule has 0 saturated heterocycles. The third-order valence-corrected chi connectivity index (χ3v) is 6.46. The van der Waals surface area contributed by atoms with E-state index >= 15 is 0 Å². The van der Waals surface area contributed by atoms with Crippen LogP contribution in [0.25, 0.3) is 4.85 Å². The molecule has 0 radical (unpaired) electrons. The number of anilines is 1. The SMILES string of the molecule is [C-]#[N+]c1ccc(NC(=O)[C@@](C)(O)CS(=O)(=O)c2ccc([123I])cc2)cc1C(F)(F)F. The van der Waals surface area contributed by atoms with Crippen molar-refractivity contribution in [3.05, 3.63) is 63.0 Å². The van der Waals surface area contributed by atoms with E-state index in [1.807, 2.05) is 22.6 Å². The molecule has 0 heterocycles. The number of carbonyl (C=O) groups is 1. The summed E-state index contributed by atoms with van der Waals surface area (Å²) in [5, 5.41) is 12.4. The summed E-state index contributed by atoms with van der Waals surface area (Å²) in [6.07, 6.45) is -4.82. The van der Waals surface area contributed by atoms with Crippen molar-refractivity contribution in [2.45, 2.75) is 23.6 Å². The molecule has 0 saturated carbocycles. The van der Waals surface area contributed by atoms with Gasteiger partial charge in [-0.15, -0.1) is 0 Å². The lowest BCUT2D eigenvalue weighted by Crippen LogP contribution is -2.45. The number of aliphatic hydroxyl groups is 1. The highest BCUT2D eigenvalue weighted by atomic mass is 123. The first-order chi connectivity index (χ1) is 13.3. The molecule has 0 aliphatic rings. The minimum atomic E-state index is -4.82. The fourth-order valence-corrected chi connectivity index (χ4v) is 4.31. The quantitative estimate of drug-likeness (QED) is 0.448. The molecule has 0 aromatic heterocycles. The van der Waals surface area contributed by atoms with Crippen LogP contribution in [0.4, 0.5) is 24.5 Å². The Kier molecular flexibility index (Phi) is 6.61. The molecule has 0 fully saturated rings. The summed E-state index contributed by atoms with van der Waals surface area (Å²) >= 11 is 1.98. The van der Waals surface area contributed by atoms with Crippen molar-refractivity contribution in [2.75, 3.05) is 11.1 Å². The van der Waals surface area contributed by atoms with Crippen LogP contribution >= 0.6 is 22.6 Å². The van der Waals surface area contributed by atoms with Crippen molar-refractivity contribution >= 4 is 49.7 Å². The maximum atomic E-state index is 13.0. The zero-order valence-corrected chi connectivity index (χ0v) is 17.8. The monoisotopic (exact) mass is 534 g/mol.